The normalized spacial score (nSPS) is 18.1. The molecule has 1 saturated heterocycles. The van der Waals surface area contributed by atoms with E-state index in [0.29, 0.717) is 10.8 Å². The van der Waals surface area contributed by atoms with Crippen LogP contribution < -0.4 is 10.2 Å². The van der Waals surface area contributed by atoms with Gasteiger partial charge in [0, 0.05) is 29.5 Å². The van der Waals surface area contributed by atoms with E-state index in [9.17, 15) is 13.2 Å². The molecule has 0 aliphatic carbocycles. The second-order valence-corrected chi connectivity index (χ2v) is 9.08. The quantitative estimate of drug-likeness (QED) is 0.322. The predicted molar refractivity (Wildman–Crippen MR) is 135 cm³/mol. The standard InChI is InChI=1S/C27H23F3N4S/c1-17-13-18(2)15-21(14-17)34-25(24(32-26(34)35)22-9-3-4-11-31-22)23-10-6-12-33(23)20-8-5-7-19(16-20)27(28,29)30/h3-16,24-25H,1-2H3,(H,32,35). The maximum atomic E-state index is 13.5. The summed E-state index contributed by atoms with van der Waals surface area (Å²) in [5, 5.41) is 3.95. The van der Waals surface area contributed by atoms with Gasteiger partial charge in [0.25, 0.3) is 0 Å². The molecule has 2 unspecified atom stereocenters. The molecule has 1 aliphatic rings. The fourth-order valence-electron chi connectivity index (χ4n) is 4.73. The van der Waals surface area contributed by atoms with Crippen LogP contribution in [0.1, 0.15) is 40.2 Å². The topological polar surface area (TPSA) is 33.1 Å². The zero-order valence-electron chi connectivity index (χ0n) is 19.1. The highest BCUT2D eigenvalue weighted by atomic mass is 32.1. The van der Waals surface area contributed by atoms with E-state index in [0.717, 1.165) is 34.3 Å². The lowest BCUT2D eigenvalue weighted by atomic mass is 10.00. The number of nitrogens with zero attached hydrogens (tertiary/aromatic N) is 3. The third-order valence-electron chi connectivity index (χ3n) is 6.12. The molecule has 2 atom stereocenters. The predicted octanol–water partition coefficient (Wildman–Crippen LogP) is 6.69. The SMILES string of the molecule is Cc1cc(C)cc(N2C(=S)NC(c3ccccn3)C2c2cccn2-c2cccc(C(F)(F)F)c2)c1. The Balaban J connectivity index is 1.68. The summed E-state index contributed by atoms with van der Waals surface area (Å²) in [7, 11) is 0. The number of anilines is 1. The molecule has 0 spiro atoms. The van der Waals surface area contributed by atoms with Gasteiger partial charge in [0.2, 0.25) is 0 Å². The van der Waals surface area contributed by atoms with Gasteiger partial charge in [-0.1, -0.05) is 18.2 Å². The summed E-state index contributed by atoms with van der Waals surface area (Å²) in [6, 6.07) is 20.4. The second kappa shape index (κ2) is 8.85. The average Bonchev–Trinajstić information content (AvgIpc) is 3.43. The lowest BCUT2D eigenvalue weighted by molar-refractivity contribution is -0.137. The summed E-state index contributed by atoms with van der Waals surface area (Å²) in [6.07, 6.45) is -0.925. The van der Waals surface area contributed by atoms with Crippen LogP contribution in [0.2, 0.25) is 0 Å². The number of pyridine rings is 1. The molecule has 2 aromatic carbocycles. The Hall–Kier alpha value is -3.65. The van der Waals surface area contributed by atoms with Crippen molar-refractivity contribution in [1.82, 2.24) is 14.9 Å². The molecule has 0 radical (unpaired) electrons. The number of halogens is 3. The minimum Gasteiger partial charge on any atom is -0.351 e. The molecule has 1 fully saturated rings. The Bertz CT molecular complexity index is 1360. The van der Waals surface area contributed by atoms with Gasteiger partial charge in [0.05, 0.1) is 17.3 Å². The fraction of sp³-hybridized carbons (Fsp3) is 0.185. The number of aromatic nitrogens is 2. The number of benzene rings is 2. The Labute approximate surface area is 207 Å². The Morgan fingerprint density at radius 1 is 0.886 bits per heavy atom. The maximum absolute atomic E-state index is 13.5. The molecule has 0 amide bonds. The van der Waals surface area contributed by atoms with Crippen molar-refractivity contribution < 1.29 is 13.2 Å². The molecule has 4 aromatic rings. The van der Waals surface area contributed by atoms with Crippen molar-refractivity contribution >= 4 is 23.0 Å². The van der Waals surface area contributed by atoms with Crippen LogP contribution in [0.15, 0.2) is 85.2 Å². The second-order valence-electron chi connectivity index (χ2n) is 8.69. The van der Waals surface area contributed by atoms with Crippen molar-refractivity contribution in [2.45, 2.75) is 32.1 Å². The van der Waals surface area contributed by atoms with Crippen molar-refractivity contribution in [2.75, 3.05) is 4.90 Å². The van der Waals surface area contributed by atoms with Crippen molar-refractivity contribution in [3.8, 4) is 5.69 Å². The van der Waals surface area contributed by atoms with Crippen LogP contribution in [-0.4, -0.2) is 14.7 Å². The summed E-state index contributed by atoms with van der Waals surface area (Å²) >= 11 is 5.80. The summed E-state index contributed by atoms with van der Waals surface area (Å²) < 4.78 is 42.1. The number of alkyl halides is 3. The van der Waals surface area contributed by atoms with Gasteiger partial charge in [0.15, 0.2) is 5.11 Å². The van der Waals surface area contributed by atoms with Gasteiger partial charge in [-0.2, -0.15) is 13.2 Å². The van der Waals surface area contributed by atoms with Crippen LogP contribution in [0, 0.1) is 13.8 Å². The number of aryl methyl sites for hydroxylation is 2. The molecular formula is C27H23F3N4S. The van der Waals surface area contributed by atoms with Crippen LogP contribution in [0.4, 0.5) is 18.9 Å². The number of hydrogen-bond acceptors (Lipinski definition) is 2. The molecule has 4 nitrogen and oxygen atoms in total. The molecule has 1 aliphatic heterocycles. The summed E-state index contributed by atoms with van der Waals surface area (Å²) in [6.45, 7) is 4.05. The molecule has 3 heterocycles. The van der Waals surface area contributed by atoms with Gasteiger partial charge in [-0.05, 0) is 91.8 Å². The van der Waals surface area contributed by atoms with Gasteiger partial charge in [-0.3, -0.25) is 4.98 Å². The monoisotopic (exact) mass is 492 g/mol. The highest BCUT2D eigenvalue weighted by Gasteiger charge is 2.42. The van der Waals surface area contributed by atoms with Gasteiger partial charge < -0.3 is 14.8 Å². The summed E-state index contributed by atoms with van der Waals surface area (Å²) in [5.41, 5.74) is 4.43. The lowest BCUT2D eigenvalue weighted by Gasteiger charge is -2.29. The first-order chi connectivity index (χ1) is 16.7. The van der Waals surface area contributed by atoms with Crippen LogP contribution in [0.5, 0.6) is 0 Å². The van der Waals surface area contributed by atoms with E-state index in [4.69, 9.17) is 12.2 Å². The van der Waals surface area contributed by atoms with Crippen LogP contribution >= 0.6 is 12.2 Å². The molecule has 35 heavy (non-hydrogen) atoms. The van der Waals surface area contributed by atoms with E-state index in [-0.39, 0.29) is 12.1 Å². The molecule has 8 heteroatoms. The first-order valence-electron chi connectivity index (χ1n) is 11.2. The number of thiocarbonyl (C=S) groups is 1. The van der Waals surface area contributed by atoms with Gasteiger partial charge >= 0.3 is 6.18 Å². The molecule has 2 aromatic heterocycles. The van der Waals surface area contributed by atoms with E-state index >= 15 is 0 Å². The molecule has 0 bridgehead atoms. The largest absolute Gasteiger partial charge is 0.416 e. The van der Waals surface area contributed by atoms with E-state index < -0.39 is 11.7 Å². The zero-order valence-corrected chi connectivity index (χ0v) is 19.9. The van der Waals surface area contributed by atoms with Gasteiger partial charge in [-0.25, -0.2) is 0 Å². The molecular weight excluding hydrogens is 469 g/mol. The first kappa shape index (κ1) is 23.1. The van der Waals surface area contributed by atoms with Crippen LogP contribution in [-0.2, 0) is 6.18 Å². The summed E-state index contributed by atoms with van der Waals surface area (Å²) in [5.74, 6) is 0. The highest BCUT2D eigenvalue weighted by Crippen LogP contribution is 2.43. The highest BCUT2D eigenvalue weighted by molar-refractivity contribution is 7.80. The van der Waals surface area contributed by atoms with E-state index in [1.54, 1.807) is 23.0 Å². The van der Waals surface area contributed by atoms with E-state index in [1.165, 1.54) is 12.1 Å². The van der Waals surface area contributed by atoms with Gasteiger partial charge in [0.1, 0.15) is 6.04 Å². The minimum atomic E-state index is -4.43. The smallest absolute Gasteiger partial charge is 0.351 e. The number of hydrogen-bond donors (Lipinski definition) is 1. The summed E-state index contributed by atoms with van der Waals surface area (Å²) in [4.78, 5) is 6.60. The third kappa shape index (κ3) is 4.41. The molecule has 1 N–H and O–H groups in total. The fourth-order valence-corrected chi connectivity index (χ4v) is 5.07. The van der Waals surface area contributed by atoms with Crippen molar-refractivity contribution in [3.63, 3.8) is 0 Å². The van der Waals surface area contributed by atoms with Crippen molar-refractivity contribution in [2.24, 2.45) is 0 Å². The number of nitrogens with one attached hydrogen (secondary N) is 1. The van der Waals surface area contributed by atoms with E-state index in [2.05, 4.69) is 28.5 Å². The van der Waals surface area contributed by atoms with E-state index in [1.807, 2.05) is 49.1 Å². The lowest BCUT2D eigenvalue weighted by Crippen LogP contribution is -2.30. The molecule has 5 rings (SSSR count). The van der Waals surface area contributed by atoms with Crippen LogP contribution in [0.3, 0.4) is 0 Å². The van der Waals surface area contributed by atoms with Gasteiger partial charge in [-0.15, -0.1) is 0 Å². The Morgan fingerprint density at radius 3 is 2.34 bits per heavy atom. The zero-order chi connectivity index (χ0) is 24.7. The minimum absolute atomic E-state index is 0.302. The third-order valence-corrected chi connectivity index (χ3v) is 6.43. The first-order valence-corrected chi connectivity index (χ1v) is 11.6. The molecule has 178 valence electrons. The van der Waals surface area contributed by atoms with Crippen molar-refractivity contribution in [3.05, 3.63) is 113 Å². The Kier molecular flexibility index (Phi) is 5.84. The van der Waals surface area contributed by atoms with Crippen molar-refractivity contribution in [1.29, 1.82) is 0 Å². The maximum Gasteiger partial charge on any atom is 0.416 e. The Morgan fingerprint density at radius 2 is 1.66 bits per heavy atom. The number of rotatable bonds is 4. The molecule has 0 saturated carbocycles. The van der Waals surface area contributed by atoms with Crippen LogP contribution in [0.25, 0.3) is 5.69 Å². The average molecular weight is 493 g/mol.